The first-order valence-corrected chi connectivity index (χ1v) is 6.72. The third-order valence-electron chi connectivity index (χ3n) is 3.66. The Labute approximate surface area is 132 Å². The number of halogens is 2. The van der Waals surface area contributed by atoms with E-state index in [2.05, 4.69) is 22.8 Å². The molecule has 0 unspecified atom stereocenters. The van der Waals surface area contributed by atoms with Gasteiger partial charge in [-0.3, -0.25) is 0 Å². The van der Waals surface area contributed by atoms with Crippen LogP contribution in [0.1, 0.15) is 18.4 Å². The van der Waals surface area contributed by atoms with Crippen molar-refractivity contribution in [2.45, 2.75) is 19.4 Å². The van der Waals surface area contributed by atoms with E-state index in [-0.39, 0.29) is 24.8 Å². The maximum absolute atomic E-state index is 5.38. The molecule has 2 aliphatic heterocycles. The van der Waals surface area contributed by atoms with Crippen LogP contribution in [0, 0.1) is 5.92 Å². The van der Waals surface area contributed by atoms with E-state index in [4.69, 9.17) is 9.47 Å². The van der Waals surface area contributed by atoms with Gasteiger partial charge in [0.25, 0.3) is 0 Å². The SMILES string of the molecule is Cl.Cl.c1cc2c(cc1CNCC1CCNCC1)OCO2. The van der Waals surface area contributed by atoms with Crippen molar-refractivity contribution in [3.8, 4) is 11.5 Å². The Balaban J connectivity index is 0.000001000. The van der Waals surface area contributed by atoms with Gasteiger partial charge in [-0.25, -0.2) is 0 Å². The van der Waals surface area contributed by atoms with Crippen LogP contribution in [-0.2, 0) is 6.54 Å². The van der Waals surface area contributed by atoms with Crippen LogP contribution in [0.3, 0.4) is 0 Å². The Kier molecular flexibility index (Phi) is 7.45. The molecule has 20 heavy (non-hydrogen) atoms. The summed E-state index contributed by atoms with van der Waals surface area (Å²) >= 11 is 0. The summed E-state index contributed by atoms with van der Waals surface area (Å²) in [6, 6.07) is 6.16. The Morgan fingerprint density at radius 2 is 1.85 bits per heavy atom. The molecular formula is C14H22Cl2N2O2. The molecule has 1 aromatic rings. The lowest BCUT2D eigenvalue weighted by molar-refractivity contribution is 0.174. The lowest BCUT2D eigenvalue weighted by atomic mass is 9.98. The molecule has 2 heterocycles. The van der Waals surface area contributed by atoms with Crippen LogP contribution < -0.4 is 20.1 Å². The van der Waals surface area contributed by atoms with Gasteiger partial charge < -0.3 is 20.1 Å². The molecule has 1 saturated heterocycles. The quantitative estimate of drug-likeness (QED) is 0.893. The highest BCUT2D eigenvalue weighted by Crippen LogP contribution is 2.32. The average molecular weight is 321 g/mol. The van der Waals surface area contributed by atoms with Crippen LogP contribution in [-0.4, -0.2) is 26.4 Å². The molecule has 0 atom stereocenters. The van der Waals surface area contributed by atoms with E-state index in [0.29, 0.717) is 6.79 Å². The van der Waals surface area contributed by atoms with Crippen molar-refractivity contribution < 1.29 is 9.47 Å². The van der Waals surface area contributed by atoms with Crippen molar-refractivity contribution in [2.24, 2.45) is 5.92 Å². The Morgan fingerprint density at radius 3 is 2.65 bits per heavy atom. The smallest absolute Gasteiger partial charge is 0.231 e. The minimum absolute atomic E-state index is 0. The van der Waals surface area contributed by atoms with Gasteiger partial charge in [-0.2, -0.15) is 0 Å². The molecule has 1 fully saturated rings. The summed E-state index contributed by atoms with van der Waals surface area (Å²) in [6.07, 6.45) is 2.57. The van der Waals surface area contributed by atoms with Crippen molar-refractivity contribution in [3.63, 3.8) is 0 Å². The third kappa shape index (κ3) is 4.42. The predicted octanol–water partition coefficient (Wildman–Crippen LogP) is 2.35. The molecule has 0 saturated carbocycles. The van der Waals surface area contributed by atoms with Crippen molar-refractivity contribution in [1.29, 1.82) is 0 Å². The monoisotopic (exact) mass is 320 g/mol. The maximum atomic E-state index is 5.38. The van der Waals surface area contributed by atoms with Gasteiger partial charge in [0, 0.05) is 6.54 Å². The minimum atomic E-state index is 0. The molecule has 0 spiro atoms. The van der Waals surface area contributed by atoms with Crippen LogP contribution in [0.15, 0.2) is 18.2 Å². The first-order valence-electron chi connectivity index (χ1n) is 6.72. The topological polar surface area (TPSA) is 42.5 Å². The Hall–Kier alpha value is -0.680. The first-order chi connectivity index (χ1) is 8.92. The third-order valence-corrected chi connectivity index (χ3v) is 3.66. The molecule has 2 N–H and O–H groups in total. The molecule has 0 radical (unpaired) electrons. The lowest BCUT2D eigenvalue weighted by Crippen LogP contribution is -2.33. The zero-order valence-electron chi connectivity index (χ0n) is 11.4. The summed E-state index contributed by atoms with van der Waals surface area (Å²) in [7, 11) is 0. The fourth-order valence-corrected chi connectivity index (χ4v) is 2.56. The highest BCUT2D eigenvalue weighted by molar-refractivity contribution is 5.85. The number of hydrogen-bond acceptors (Lipinski definition) is 4. The maximum Gasteiger partial charge on any atom is 0.231 e. The van der Waals surface area contributed by atoms with Crippen molar-refractivity contribution in [2.75, 3.05) is 26.4 Å². The number of fused-ring (bicyclic) bond motifs is 1. The molecule has 0 amide bonds. The summed E-state index contributed by atoms with van der Waals surface area (Å²) in [6.45, 7) is 4.69. The molecule has 1 aromatic carbocycles. The number of rotatable bonds is 4. The van der Waals surface area contributed by atoms with Crippen molar-refractivity contribution >= 4 is 24.8 Å². The molecule has 3 rings (SSSR count). The second kappa shape index (κ2) is 8.57. The molecule has 2 aliphatic rings. The summed E-state index contributed by atoms with van der Waals surface area (Å²) in [5.74, 6) is 2.55. The van der Waals surface area contributed by atoms with E-state index in [0.717, 1.165) is 43.6 Å². The predicted molar refractivity (Wildman–Crippen MR) is 84.4 cm³/mol. The number of hydrogen-bond donors (Lipinski definition) is 2. The van der Waals surface area contributed by atoms with E-state index in [1.54, 1.807) is 0 Å². The van der Waals surface area contributed by atoms with E-state index in [9.17, 15) is 0 Å². The molecule has 4 nitrogen and oxygen atoms in total. The zero-order valence-corrected chi connectivity index (χ0v) is 13.0. The Bertz CT molecular complexity index is 412. The molecule has 0 bridgehead atoms. The van der Waals surface area contributed by atoms with Gasteiger partial charge in [-0.1, -0.05) is 6.07 Å². The highest BCUT2D eigenvalue weighted by Gasteiger charge is 2.14. The summed E-state index contributed by atoms with van der Waals surface area (Å²) in [5, 5.41) is 6.93. The minimum Gasteiger partial charge on any atom is -0.454 e. The van der Waals surface area contributed by atoms with Gasteiger partial charge in [0.05, 0.1) is 0 Å². The first kappa shape index (κ1) is 17.4. The van der Waals surface area contributed by atoms with Crippen LogP contribution in [0.2, 0.25) is 0 Å². The molecular weight excluding hydrogens is 299 g/mol. The molecule has 6 heteroatoms. The Morgan fingerprint density at radius 1 is 1.10 bits per heavy atom. The van der Waals surface area contributed by atoms with Gasteiger partial charge in [-0.15, -0.1) is 24.8 Å². The second-order valence-corrected chi connectivity index (χ2v) is 5.01. The summed E-state index contributed by atoms with van der Waals surface area (Å²) in [4.78, 5) is 0. The normalized spacial score (nSPS) is 17.2. The number of piperidine rings is 1. The van der Waals surface area contributed by atoms with Crippen molar-refractivity contribution in [3.05, 3.63) is 23.8 Å². The van der Waals surface area contributed by atoms with E-state index < -0.39 is 0 Å². The zero-order chi connectivity index (χ0) is 12.2. The van der Waals surface area contributed by atoms with Gasteiger partial charge in [-0.05, 0) is 56.1 Å². The molecule has 114 valence electrons. The van der Waals surface area contributed by atoms with E-state index in [1.807, 2.05) is 6.07 Å². The molecule has 0 aromatic heterocycles. The van der Waals surface area contributed by atoms with E-state index in [1.165, 1.54) is 18.4 Å². The number of benzene rings is 1. The van der Waals surface area contributed by atoms with Gasteiger partial charge >= 0.3 is 0 Å². The fraction of sp³-hybridized carbons (Fsp3) is 0.571. The number of nitrogens with one attached hydrogen (secondary N) is 2. The largest absolute Gasteiger partial charge is 0.454 e. The van der Waals surface area contributed by atoms with Gasteiger partial charge in [0.15, 0.2) is 11.5 Å². The van der Waals surface area contributed by atoms with Gasteiger partial charge in [0.2, 0.25) is 6.79 Å². The average Bonchev–Trinajstić information content (AvgIpc) is 2.87. The van der Waals surface area contributed by atoms with Crippen LogP contribution >= 0.6 is 24.8 Å². The fourth-order valence-electron chi connectivity index (χ4n) is 2.56. The van der Waals surface area contributed by atoms with E-state index >= 15 is 0 Å². The lowest BCUT2D eigenvalue weighted by Gasteiger charge is -2.22. The second-order valence-electron chi connectivity index (χ2n) is 5.01. The molecule has 0 aliphatic carbocycles. The van der Waals surface area contributed by atoms with Gasteiger partial charge in [0.1, 0.15) is 0 Å². The summed E-state index contributed by atoms with van der Waals surface area (Å²) < 4.78 is 10.7. The van der Waals surface area contributed by atoms with Crippen LogP contribution in [0.25, 0.3) is 0 Å². The van der Waals surface area contributed by atoms with Crippen LogP contribution in [0.5, 0.6) is 11.5 Å². The summed E-state index contributed by atoms with van der Waals surface area (Å²) in [5.41, 5.74) is 1.26. The van der Waals surface area contributed by atoms with Crippen LogP contribution in [0.4, 0.5) is 0 Å². The van der Waals surface area contributed by atoms with Crippen molar-refractivity contribution in [1.82, 2.24) is 10.6 Å². The highest BCUT2D eigenvalue weighted by atomic mass is 35.5. The number of ether oxygens (including phenoxy) is 2. The standard InChI is InChI=1S/C14H20N2O2.2ClH/c1-2-13-14(18-10-17-13)7-12(1)9-16-8-11-3-5-15-6-4-11;;/h1-2,7,11,15-16H,3-6,8-10H2;2*1H.